The van der Waals surface area contributed by atoms with Crippen LogP contribution in [0.5, 0.6) is 0 Å². The van der Waals surface area contributed by atoms with Gasteiger partial charge in [0.1, 0.15) is 11.5 Å². The quantitative estimate of drug-likeness (QED) is 0.705. The zero-order valence-corrected chi connectivity index (χ0v) is 17.5. The fourth-order valence-corrected chi connectivity index (χ4v) is 3.09. The van der Waals surface area contributed by atoms with Crippen LogP contribution < -0.4 is 5.32 Å². The molecule has 1 aliphatic rings. The normalized spacial score (nSPS) is 13.7. The summed E-state index contributed by atoms with van der Waals surface area (Å²) in [6.07, 6.45) is -0.249. The van der Waals surface area contributed by atoms with E-state index in [1.54, 1.807) is 20.3 Å². The maximum Gasteiger partial charge on any atom is 0.416 e. The molecule has 0 bridgehead atoms. The van der Waals surface area contributed by atoms with E-state index in [2.05, 4.69) is 10.3 Å². The second kappa shape index (κ2) is 9.25. The number of fused-ring (bicyclic) bond motifs is 1. The van der Waals surface area contributed by atoms with Crippen molar-refractivity contribution in [1.82, 2.24) is 24.7 Å². The summed E-state index contributed by atoms with van der Waals surface area (Å²) in [5.74, 6) is -0.494. The summed E-state index contributed by atoms with van der Waals surface area (Å²) < 4.78 is 39.5. The highest BCUT2D eigenvalue weighted by molar-refractivity contribution is 5.94. The van der Waals surface area contributed by atoms with Crippen LogP contribution in [0.3, 0.4) is 0 Å². The molecule has 1 aromatic carbocycles. The van der Waals surface area contributed by atoms with Crippen molar-refractivity contribution in [2.24, 2.45) is 0 Å². The Hall–Kier alpha value is -3.63. The van der Waals surface area contributed by atoms with Gasteiger partial charge < -0.3 is 19.7 Å². The second-order valence-corrected chi connectivity index (χ2v) is 7.42. The smallest absolute Gasteiger partial charge is 0.343 e. The molecule has 1 N–H and O–H groups in total. The molecule has 32 heavy (non-hydrogen) atoms. The Balaban J connectivity index is 1.51. The van der Waals surface area contributed by atoms with Crippen molar-refractivity contribution >= 4 is 23.8 Å². The zero-order chi connectivity index (χ0) is 23.5. The minimum absolute atomic E-state index is 0.219. The van der Waals surface area contributed by atoms with Crippen molar-refractivity contribution in [3.8, 4) is 0 Å². The first-order chi connectivity index (χ1) is 15.0. The minimum atomic E-state index is -4.42. The Bertz CT molecular complexity index is 1040. The van der Waals surface area contributed by atoms with E-state index in [1.165, 1.54) is 28.0 Å². The number of benzene rings is 1. The molecule has 0 saturated carbocycles. The molecule has 0 saturated heterocycles. The number of rotatable bonds is 5. The Morgan fingerprint density at radius 1 is 1.16 bits per heavy atom. The van der Waals surface area contributed by atoms with E-state index in [4.69, 9.17) is 0 Å². The van der Waals surface area contributed by atoms with Gasteiger partial charge in [-0.2, -0.15) is 13.2 Å². The summed E-state index contributed by atoms with van der Waals surface area (Å²) in [6.45, 7) is 0.878. The van der Waals surface area contributed by atoms with Crippen LogP contribution in [0.4, 0.5) is 13.2 Å². The number of hydrogen-bond donors (Lipinski definition) is 1. The van der Waals surface area contributed by atoms with Gasteiger partial charge in [-0.15, -0.1) is 0 Å². The van der Waals surface area contributed by atoms with Crippen LogP contribution in [-0.4, -0.2) is 64.3 Å². The van der Waals surface area contributed by atoms with Gasteiger partial charge in [0.2, 0.25) is 11.8 Å². The van der Waals surface area contributed by atoms with Crippen LogP contribution in [0.25, 0.3) is 6.08 Å². The largest absolute Gasteiger partial charge is 0.416 e. The van der Waals surface area contributed by atoms with Crippen molar-refractivity contribution in [3.05, 3.63) is 59.2 Å². The van der Waals surface area contributed by atoms with E-state index >= 15 is 0 Å². The maximum atomic E-state index is 12.6. The zero-order valence-electron chi connectivity index (χ0n) is 17.5. The number of hydrogen-bond acceptors (Lipinski definition) is 4. The number of aromatic nitrogens is 2. The van der Waals surface area contributed by atoms with Gasteiger partial charge in [-0.1, -0.05) is 12.1 Å². The molecule has 3 amide bonds. The number of carbonyl (C=O) groups is 3. The topological polar surface area (TPSA) is 87.5 Å². The fraction of sp³-hybridized carbons (Fsp3) is 0.333. The first kappa shape index (κ1) is 23.0. The summed E-state index contributed by atoms with van der Waals surface area (Å²) in [6, 6.07) is 4.36. The summed E-state index contributed by atoms with van der Waals surface area (Å²) in [7, 11) is 3.26. The van der Waals surface area contributed by atoms with Crippen LogP contribution in [0.15, 0.2) is 36.5 Å². The molecule has 1 aromatic heterocycles. The number of nitrogens with one attached hydrogen (secondary N) is 1. The van der Waals surface area contributed by atoms with Gasteiger partial charge in [-0.25, -0.2) is 4.98 Å². The monoisotopic (exact) mass is 449 g/mol. The molecule has 1 aliphatic heterocycles. The number of amides is 3. The molecule has 11 heteroatoms. The minimum Gasteiger partial charge on any atom is -0.343 e. The molecule has 8 nitrogen and oxygen atoms in total. The Morgan fingerprint density at radius 2 is 1.84 bits per heavy atom. The predicted molar refractivity (Wildman–Crippen MR) is 109 cm³/mol. The predicted octanol–water partition coefficient (Wildman–Crippen LogP) is 1.78. The molecule has 0 unspecified atom stereocenters. The summed E-state index contributed by atoms with van der Waals surface area (Å²) in [4.78, 5) is 43.7. The van der Waals surface area contributed by atoms with Gasteiger partial charge in [-0.05, 0) is 23.8 Å². The lowest BCUT2D eigenvalue weighted by Gasteiger charge is -2.27. The molecule has 0 fully saturated rings. The van der Waals surface area contributed by atoms with Crippen molar-refractivity contribution in [2.45, 2.75) is 19.3 Å². The molecule has 0 atom stereocenters. The molecule has 3 rings (SSSR count). The highest BCUT2D eigenvalue weighted by Gasteiger charge is 2.29. The molecule has 0 spiro atoms. The Kier molecular flexibility index (Phi) is 6.66. The molecular formula is C21H22F3N5O3. The summed E-state index contributed by atoms with van der Waals surface area (Å²) in [5, 5.41) is 2.46. The van der Waals surface area contributed by atoms with Crippen molar-refractivity contribution in [2.75, 3.05) is 27.2 Å². The van der Waals surface area contributed by atoms with Gasteiger partial charge >= 0.3 is 6.18 Å². The first-order valence-corrected chi connectivity index (χ1v) is 9.73. The molecule has 170 valence electrons. The van der Waals surface area contributed by atoms with Crippen LogP contribution in [0, 0.1) is 0 Å². The lowest BCUT2D eigenvalue weighted by atomic mass is 10.1. The van der Waals surface area contributed by atoms with Gasteiger partial charge in [0.15, 0.2) is 0 Å². The van der Waals surface area contributed by atoms with Crippen molar-refractivity contribution in [1.29, 1.82) is 0 Å². The fourth-order valence-electron chi connectivity index (χ4n) is 3.09. The third-order valence-electron chi connectivity index (χ3n) is 4.86. The summed E-state index contributed by atoms with van der Waals surface area (Å²) in [5.41, 5.74) is -0.0449. The SMILES string of the molecule is CN(C)C(=O)c1cn2c(n1)CN(C(=O)CNC(=O)/C=C/c1ccc(C(F)(F)F)cc1)CC2. The number of alkyl halides is 3. The highest BCUT2D eigenvalue weighted by Crippen LogP contribution is 2.29. The number of carbonyl (C=O) groups excluding carboxylic acids is 3. The molecular weight excluding hydrogens is 427 g/mol. The number of halogens is 3. The lowest BCUT2D eigenvalue weighted by molar-refractivity contribution is -0.137. The first-order valence-electron chi connectivity index (χ1n) is 9.73. The Labute approximate surface area is 182 Å². The van der Waals surface area contributed by atoms with Crippen LogP contribution in [0.2, 0.25) is 0 Å². The van der Waals surface area contributed by atoms with Crippen LogP contribution in [0.1, 0.15) is 27.4 Å². The van der Waals surface area contributed by atoms with Crippen molar-refractivity contribution in [3.63, 3.8) is 0 Å². The number of imidazole rings is 1. The molecule has 0 radical (unpaired) electrons. The van der Waals surface area contributed by atoms with E-state index in [1.807, 2.05) is 4.57 Å². The van der Waals surface area contributed by atoms with Gasteiger partial charge in [0.05, 0.1) is 18.7 Å². The molecule has 0 aliphatic carbocycles. The standard InChI is InChI=1S/C21H22F3N5O3/c1-27(2)20(32)16-12-28-9-10-29(13-17(28)26-16)19(31)11-25-18(30)8-5-14-3-6-15(7-4-14)21(22,23)24/h3-8,12H,9-11,13H2,1-2H3,(H,25,30)/b8-5+. The highest BCUT2D eigenvalue weighted by atomic mass is 19.4. The Morgan fingerprint density at radius 3 is 2.47 bits per heavy atom. The second-order valence-electron chi connectivity index (χ2n) is 7.42. The third-order valence-corrected chi connectivity index (χ3v) is 4.86. The van der Waals surface area contributed by atoms with Crippen molar-refractivity contribution < 1.29 is 27.6 Å². The van der Waals surface area contributed by atoms with Gasteiger partial charge in [0, 0.05) is 39.5 Å². The van der Waals surface area contributed by atoms with Crippen LogP contribution in [-0.2, 0) is 28.9 Å². The maximum absolute atomic E-state index is 12.6. The van der Waals surface area contributed by atoms with Gasteiger partial charge in [-0.3, -0.25) is 14.4 Å². The average molecular weight is 449 g/mol. The third kappa shape index (κ3) is 5.54. The van der Waals surface area contributed by atoms with E-state index < -0.39 is 17.6 Å². The molecule has 2 heterocycles. The van der Waals surface area contributed by atoms with Crippen LogP contribution >= 0.6 is 0 Å². The van der Waals surface area contributed by atoms with E-state index in [0.29, 0.717) is 30.2 Å². The van der Waals surface area contributed by atoms with E-state index in [0.717, 1.165) is 18.2 Å². The lowest BCUT2D eigenvalue weighted by Crippen LogP contribution is -2.43. The van der Waals surface area contributed by atoms with E-state index in [9.17, 15) is 27.6 Å². The number of nitrogens with zero attached hydrogens (tertiary/aromatic N) is 4. The summed E-state index contributed by atoms with van der Waals surface area (Å²) >= 11 is 0. The average Bonchev–Trinajstić information content (AvgIpc) is 3.18. The molecule has 2 aromatic rings. The van der Waals surface area contributed by atoms with Gasteiger partial charge in [0.25, 0.3) is 5.91 Å². The van der Waals surface area contributed by atoms with E-state index in [-0.39, 0.29) is 24.9 Å².